The van der Waals surface area contributed by atoms with E-state index in [-0.39, 0.29) is 18.1 Å². The molecule has 0 fully saturated rings. The third-order valence-electron chi connectivity index (χ3n) is 5.28. The topological polar surface area (TPSA) is 58.7 Å². The maximum Gasteiger partial charge on any atom is 0.231 e. The van der Waals surface area contributed by atoms with E-state index in [2.05, 4.69) is 18.3 Å². The number of carbonyl (C=O) groups is 1. The first-order valence-corrected chi connectivity index (χ1v) is 9.13. The second kappa shape index (κ2) is 7.80. The van der Waals surface area contributed by atoms with Gasteiger partial charge in [0.25, 0.3) is 0 Å². The van der Waals surface area contributed by atoms with Crippen molar-refractivity contribution in [1.82, 2.24) is 0 Å². The lowest BCUT2D eigenvalue weighted by atomic mass is 9.98. The number of aryl methyl sites for hydroxylation is 1. The van der Waals surface area contributed by atoms with Crippen molar-refractivity contribution < 1.29 is 9.18 Å². The molecular formula is C23H24FN3O. The quantitative estimate of drug-likeness (QED) is 0.628. The smallest absolute Gasteiger partial charge is 0.231 e. The van der Waals surface area contributed by atoms with Gasteiger partial charge in [0.15, 0.2) is 0 Å². The summed E-state index contributed by atoms with van der Waals surface area (Å²) in [7, 11) is 0. The highest BCUT2D eigenvalue weighted by Gasteiger charge is 2.25. The van der Waals surface area contributed by atoms with Crippen LogP contribution in [0.5, 0.6) is 0 Å². The highest BCUT2D eigenvalue weighted by atomic mass is 19.1. The summed E-state index contributed by atoms with van der Waals surface area (Å²) in [5.41, 5.74) is 12.0. The first-order valence-electron chi connectivity index (χ1n) is 9.13. The Balaban J connectivity index is 1.83. The van der Waals surface area contributed by atoms with Crippen molar-refractivity contribution in [1.29, 1.82) is 0 Å². The first-order chi connectivity index (χ1) is 13.3. The predicted octanol–water partition coefficient (Wildman–Crippen LogP) is 4.17. The van der Waals surface area contributed by atoms with Gasteiger partial charge in [0.2, 0.25) is 5.91 Å². The van der Waals surface area contributed by atoms with E-state index in [1.807, 2.05) is 32.0 Å². The van der Waals surface area contributed by atoms with Crippen molar-refractivity contribution in [2.75, 3.05) is 11.4 Å². The average Bonchev–Trinajstić information content (AvgIpc) is 3.12. The van der Waals surface area contributed by atoms with E-state index in [0.717, 1.165) is 45.5 Å². The van der Waals surface area contributed by atoms with Gasteiger partial charge >= 0.3 is 0 Å². The number of carbonyl (C=O) groups excluding carboxylic acids is 1. The van der Waals surface area contributed by atoms with Crippen LogP contribution in [-0.2, 0) is 17.6 Å². The average molecular weight is 377 g/mol. The van der Waals surface area contributed by atoms with Gasteiger partial charge in [-0.1, -0.05) is 18.7 Å². The zero-order chi connectivity index (χ0) is 20.4. The van der Waals surface area contributed by atoms with E-state index in [4.69, 9.17) is 5.73 Å². The van der Waals surface area contributed by atoms with Crippen molar-refractivity contribution in [2.24, 2.45) is 10.7 Å². The lowest BCUT2D eigenvalue weighted by molar-refractivity contribution is -0.117. The van der Waals surface area contributed by atoms with E-state index in [1.54, 1.807) is 11.0 Å². The number of fused-ring (bicyclic) bond motifs is 1. The van der Waals surface area contributed by atoms with E-state index in [0.29, 0.717) is 12.4 Å². The molecule has 4 nitrogen and oxygen atoms in total. The zero-order valence-electron chi connectivity index (χ0n) is 16.3. The molecule has 0 atom stereocenters. The number of aliphatic imine (C=N–C) groups is 1. The van der Waals surface area contributed by atoms with Crippen LogP contribution < -0.4 is 10.6 Å². The normalized spacial score (nSPS) is 13.8. The summed E-state index contributed by atoms with van der Waals surface area (Å²) in [4.78, 5) is 18.4. The van der Waals surface area contributed by atoms with Crippen LogP contribution in [0.15, 0.2) is 59.4 Å². The molecule has 144 valence electrons. The second-order valence-corrected chi connectivity index (χ2v) is 7.03. The monoisotopic (exact) mass is 377 g/mol. The SMILES string of the molecule is C=N/C(N)=C(\C)C(=C)c1ccc2c(c1)CCN2C(=O)Cc1cc(F)ccc1C. The number of hydrogen-bond acceptors (Lipinski definition) is 3. The molecule has 0 radical (unpaired) electrons. The molecule has 2 aromatic carbocycles. The van der Waals surface area contributed by atoms with Crippen LogP contribution in [0.25, 0.3) is 5.57 Å². The van der Waals surface area contributed by atoms with Gasteiger partial charge in [0, 0.05) is 12.2 Å². The number of rotatable bonds is 5. The molecule has 1 heterocycles. The highest BCUT2D eigenvalue weighted by Crippen LogP contribution is 2.33. The number of benzene rings is 2. The molecule has 5 heteroatoms. The molecule has 0 bridgehead atoms. The molecule has 0 aliphatic carbocycles. The third kappa shape index (κ3) is 3.74. The Hall–Kier alpha value is -3.21. The van der Waals surface area contributed by atoms with Gasteiger partial charge in [-0.2, -0.15) is 0 Å². The van der Waals surface area contributed by atoms with E-state index < -0.39 is 0 Å². The van der Waals surface area contributed by atoms with E-state index in [9.17, 15) is 9.18 Å². The number of hydrogen-bond donors (Lipinski definition) is 1. The maximum atomic E-state index is 13.5. The third-order valence-corrected chi connectivity index (χ3v) is 5.28. The lowest BCUT2D eigenvalue weighted by Crippen LogP contribution is -2.30. The minimum absolute atomic E-state index is 0.0322. The summed E-state index contributed by atoms with van der Waals surface area (Å²) in [5.74, 6) is -0.00180. The van der Waals surface area contributed by atoms with Crippen molar-refractivity contribution in [3.8, 4) is 0 Å². The van der Waals surface area contributed by atoms with Crippen LogP contribution in [0.3, 0.4) is 0 Å². The molecular weight excluding hydrogens is 353 g/mol. The number of anilines is 1. The summed E-state index contributed by atoms with van der Waals surface area (Å²) >= 11 is 0. The summed E-state index contributed by atoms with van der Waals surface area (Å²) in [6.45, 7) is 11.9. The fraction of sp³-hybridized carbons (Fsp3) is 0.217. The Labute approximate surface area is 164 Å². The molecule has 0 aromatic heterocycles. The fourth-order valence-electron chi connectivity index (χ4n) is 3.43. The molecule has 1 aliphatic heterocycles. The summed E-state index contributed by atoms with van der Waals surface area (Å²) in [6, 6.07) is 10.5. The second-order valence-electron chi connectivity index (χ2n) is 7.03. The Morgan fingerprint density at radius 2 is 2.04 bits per heavy atom. The molecule has 0 saturated carbocycles. The van der Waals surface area contributed by atoms with Gasteiger partial charge in [-0.15, -0.1) is 0 Å². The minimum atomic E-state index is -0.324. The van der Waals surface area contributed by atoms with Gasteiger partial charge < -0.3 is 10.6 Å². The van der Waals surface area contributed by atoms with Crippen LogP contribution in [0.2, 0.25) is 0 Å². The van der Waals surface area contributed by atoms with Crippen molar-refractivity contribution in [2.45, 2.75) is 26.7 Å². The van der Waals surface area contributed by atoms with Gasteiger partial charge in [-0.25, -0.2) is 9.38 Å². The van der Waals surface area contributed by atoms with Gasteiger partial charge in [-0.3, -0.25) is 4.79 Å². The first kappa shape index (κ1) is 19.5. The summed E-state index contributed by atoms with van der Waals surface area (Å²) < 4.78 is 13.5. The molecule has 0 saturated heterocycles. The lowest BCUT2D eigenvalue weighted by Gasteiger charge is -2.19. The minimum Gasteiger partial charge on any atom is -0.383 e. The number of nitrogens with zero attached hydrogens (tertiary/aromatic N) is 2. The number of nitrogens with two attached hydrogens (primary N) is 1. The van der Waals surface area contributed by atoms with Crippen molar-refractivity contribution >= 4 is 23.9 Å². The van der Waals surface area contributed by atoms with Crippen LogP contribution in [0.1, 0.15) is 29.2 Å². The predicted molar refractivity (Wildman–Crippen MR) is 113 cm³/mol. The Bertz CT molecular complexity index is 1010. The van der Waals surface area contributed by atoms with Crippen LogP contribution in [0, 0.1) is 12.7 Å². The van der Waals surface area contributed by atoms with E-state index in [1.165, 1.54) is 12.1 Å². The molecule has 2 N–H and O–H groups in total. The van der Waals surface area contributed by atoms with Gasteiger partial charge in [0.1, 0.15) is 11.6 Å². The molecule has 1 amide bonds. The number of allylic oxidation sites excluding steroid dienone is 2. The van der Waals surface area contributed by atoms with Crippen LogP contribution in [-0.4, -0.2) is 19.2 Å². The molecule has 0 unspecified atom stereocenters. The van der Waals surface area contributed by atoms with Crippen molar-refractivity contribution in [3.05, 3.63) is 82.4 Å². The Kier molecular flexibility index (Phi) is 5.45. The zero-order valence-corrected chi connectivity index (χ0v) is 16.3. The van der Waals surface area contributed by atoms with E-state index >= 15 is 0 Å². The fourth-order valence-corrected chi connectivity index (χ4v) is 3.43. The number of amides is 1. The standard InChI is InChI=1S/C23H24FN3O/c1-14-5-7-20(24)12-19(14)13-22(28)27-10-9-18-11-17(6-8-21(18)27)15(2)16(3)23(25)26-4/h5-8,11-12H,2,4,9-10,13,25H2,1,3H3/b23-16+. The Morgan fingerprint density at radius 3 is 2.75 bits per heavy atom. The van der Waals surface area contributed by atoms with Gasteiger partial charge in [0.05, 0.1) is 6.42 Å². The van der Waals surface area contributed by atoms with Crippen LogP contribution in [0.4, 0.5) is 10.1 Å². The van der Waals surface area contributed by atoms with Crippen LogP contribution >= 0.6 is 0 Å². The highest BCUT2D eigenvalue weighted by molar-refractivity contribution is 5.97. The molecule has 3 rings (SSSR count). The number of halogens is 1. The maximum absolute atomic E-state index is 13.5. The van der Waals surface area contributed by atoms with Crippen molar-refractivity contribution in [3.63, 3.8) is 0 Å². The summed E-state index contributed by atoms with van der Waals surface area (Å²) in [6.07, 6.45) is 0.948. The largest absolute Gasteiger partial charge is 0.383 e. The molecule has 2 aromatic rings. The molecule has 1 aliphatic rings. The molecule has 0 spiro atoms. The molecule has 28 heavy (non-hydrogen) atoms. The Morgan fingerprint density at radius 1 is 1.29 bits per heavy atom. The summed E-state index contributed by atoms with van der Waals surface area (Å²) in [5, 5.41) is 0. The van der Waals surface area contributed by atoms with Gasteiger partial charge in [-0.05, 0) is 84.7 Å².